The van der Waals surface area contributed by atoms with Gasteiger partial charge >= 0.3 is 0 Å². The Morgan fingerprint density at radius 2 is 2.17 bits per heavy atom. The van der Waals surface area contributed by atoms with Gasteiger partial charge in [-0.1, -0.05) is 33.6 Å². The topological polar surface area (TPSA) is 77.8 Å². The molecule has 0 fully saturated rings. The fourth-order valence-electron chi connectivity index (χ4n) is 1.70. The van der Waals surface area contributed by atoms with Gasteiger partial charge in [0, 0.05) is 27.6 Å². The number of aromatic nitrogens is 1. The van der Waals surface area contributed by atoms with E-state index in [0.717, 1.165) is 10.0 Å². The summed E-state index contributed by atoms with van der Waals surface area (Å²) in [7, 11) is 0. The molecule has 0 atom stereocenters. The van der Waals surface area contributed by atoms with Crippen LogP contribution in [0.15, 0.2) is 52.8 Å². The number of aryl methyl sites for hydroxylation is 1. The van der Waals surface area contributed by atoms with Gasteiger partial charge in [0.15, 0.2) is 0 Å². The average Bonchev–Trinajstić information content (AvgIpc) is 2.51. The Kier molecular flexibility index (Phi) is 5.74. The number of amides is 1. The molecule has 0 saturated carbocycles. The summed E-state index contributed by atoms with van der Waals surface area (Å²) in [5.74, 6) is -0.0146. The molecule has 2 aromatic rings. The van der Waals surface area contributed by atoms with E-state index in [1.54, 1.807) is 36.5 Å². The molecule has 23 heavy (non-hydrogen) atoms. The van der Waals surface area contributed by atoms with Crippen molar-refractivity contribution in [2.24, 2.45) is 0 Å². The Balaban J connectivity index is 2.14. The Morgan fingerprint density at radius 1 is 1.39 bits per heavy atom. The molecule has 0 bridgehead atoms. The molecule has 0 aliphatic heterocycles. The van der Waals surface area contributed by atoms with Gasteiger partial charge in [0.05, 0.1) is 0 Å². The molecule has 0 spiro atoms. The zero-order chi connectivity index (χ0) is 16.8. The normalized spacial score (nSPS) is 10.8. The minimum absolute atomic E-state index is 0.0776. The summed E-state index contributed by atoms with van der Waals surface area (Å²) in [5.41, 5.74) is 1.33. The summed E-state index contributed by atoms with van der Waals surface area (Å²) in [6.07, 6.45) is 2.91. The van der Waals surface area contributed by atoms with E-state index >= 15 is 0 Å². The molecule has 1 heterocycles. The van der Waals surface area contributed by atoms with Crippen molar-refractivity contribution in [3.63, 3.8) is 0 Å². The first kappa shape index (κ1) is 17.0. The fraction of sp³-hybridized carbons (Fsp3) is 0.0625. The number of nitriles is 1. The van der Waals surface area contributed by atoms with Crippen molar-refractivity contribution in [2.45, 2.75) is 6.92 Å². The molecule has 7 heteroatoms. The maximum atomic E-state index is 12.2. The molecule has 1 amide bonds. The second kappa shape index (κ2) is 7.77. The first-order chi connectivity index (χ1) is 11.0. The second-order valence-electron chi connectivity index (χ2n) is 4.59. The molecule has 0 radical (unpaired) electrons. The van der Waals surface area contributed by atoms with Crippen LogP contribution in [0.4, 0.5) is 11.5 Å². The van der Waals surface area contributed by atoms with Crippen molar-refractivity contribution < 1.29 is 4.79 Å². The maximum Gasteiger partial charge on any atom is 0.267 e. The summed E-state index contributed by atoms with van der Waals surface area (Å²) >= 11 is 9.23. The summed E-state index contributed by atoms with van der Waals surface area (Å²) in [6.45, 7) is 1.84. The van der Waals surface area contributed by atoms with Crippen LogP contribution in [0, 0.1) is 18.3 Å². The highest BCUT2D eigenvalue weighted by Crippen LogP contribution is 2.20. The molecular formula is C16H12BrClN4O. The van der Waals surface area contributed by atoms with Crippen LogP contribution in [0.1, 0.15) is 5.56 Å². The van der Waals surface area contributed by atoms with Gasteiger partial charge < -0.3 is 10.6 Å². The predicted octanol–water partition coefficient (Wildman–Crippen LogP) is 4.26. The zero-order valence-electron chi connectivity index (χ0n) is 12.1. The highest BCUT2D eigenvalue weighted by Gasteiger charge is 2.11. The van der Waals surface area contributed by atoms with E-state index in [-0.39, 0.29) is 5.57 Å². The van der Waals surface area contributed by atoms with Gasteiger partial charge in [-0.3, -0.25) is 4.79 Å². The van der Waals surface area contributed by atoms with Crippen molar-refractivity contribution in [1.29, 1.82) is 5.26 Å². The van der Waals surface area contributed by atoms with Gasteiger partial charge in [-0.15, -0.1) is 0 Å². The summed E-state index contributed by atoms with van der Waals surface area (Å²) in [5, 5.41) is 15.1. The molecule has 5 nitrogen and oxygen atoms in total. The van der Waals surface area contributed by atoms with Gasteiger partial charge in [0.2, 0.25) is 0 Å². The number of rotatable bonds is 4. The highest BCUT2D eigenvalue weighted by molar-refractivity contribution is 9.10. The number of benzene rings is 1. The largest absolute Gasteiger partial charge is 0.345 e. The number of hydrogen-bond acceptors (Lipinski definition) is 4. The lowest BCUT2D eigenvalue weighted by Gasteiger charge is -2.08. The molecule has 2 rings (SSSR count). The lowest BCUT2D eigenvalue weighted by Crippen LogP contribution is -2.15. The number of pyridine rings is 1. The quantitative estimate of drug-likeness (QED) is 0.603. The van der Waals surface area contributed by atoms with E-state index in [2.05, 4.69) is 31.5 Å². The second-order valence-corrected chi connectivity index (χ2v) is 5.94. The standard InChI is InChI=1S/C16H12BrClN4O/c1-10-2-3-13(18)7-14(10)22-16(23)11(8-19)9-21-15-6-12(17)4-5-20-15/h2-7,9H,1H3,(H,20,21)(H,22,23)/b11-9-. The van der Waals surface area contributed by atoms with E-state index in [1.807, 2.05) is 13.0 Å². The Labute approximate surface area is 147 Å². The van der Waals surface area contributed by atoms with Crippen LogP contribution in [-0.2, 0) is 4.79 Å². The third-order valence-electron chi connectivity index (χ3n) is 2.90. The molecule has 2 N–H and O–H groups in total. The van der Waals surface area contributed by atoms with Crippen LogP contribution >= 0.6 is 27.5 Å². The number of carbonyl (C=O) groups is 1. The van der Waals surface area contributed by atoms with Crippen LogP contribution in [0.2, 0.25) is 5.02 Å². The van der Waals surface area contributed by atoms with Crippen molar-refractivity contribution in [3.8, 4) is 6.07 Å². The van der Waals surface area contributed by atoms with Crippen LogP contribution in [0.5, 0.6) is 0 Å². The Hall–Kier alpha value is -2.36. The number of nitrogens with one attached hydrogen (secondary N) is 2. The fourth-order valence-corrected chi connectivity index (χ4v) is 2.20. The minimum atomic E-state index is -0.527. The third-order valence-corrected chi connectivity index (χ3v) is 3.63. The predicted molar refractivity (Wildman–Crippen MR) is 94.1 cm³/mol. The molecule has 0 aliphatic rings. The number of anilines is 2. The van der Waals surface area contributed by atoms with Crippen LogP contribution in [0.25, 0.3) is 0 Å². The van der Waals surface area contributed by atoms with E-state index in [0.29, 0.717) is 16.5 Å². The summed E-state index contributed by atoms with van der Waals surface area (Å²) in [4.78, 5) is 16.3. The lowest BCUT2D eigenvalue weighted by atomic mass is 10.2. The van der Waals surface area contributed by atoms with E-state index in [1.165, 1.54) is 6.20 Å². The van der Waals surface area contributed by atoms with Gasteiger partial charge in [-0.25, -0.2) is 4.98 Å². The van der Waals surface area contributed by atoms with Crippen molar-refractivity contribution in [3.05, 3.63) is 63.4 Å². The third kappa shape index (κ3) is 4.81. The van der Waals surface area contributed by atoms with Crippen molar-refractivity contribution in [1.82, 2.24) is 4.98 Å². The van der Waals surface area contributed by atoms with Gasteiger partial charge in [0.25, 0.3) is 5.91 Å². The summed E-state index contributed by atoms with van der Waals surface area (Å²) in [6, 6.07) is 10.5. The number of hydrogen-bond donors (Lipinski definition) is 2. The molecule has 1 aromatic heterocycles. The van der Waals surface area contributed by atoms with Gasteiger partial charge in [0.1, 0.15) is 17.5 Å². The SMILES string of the molecule is Cc1ccc(Cl)cc1NC(=O)/C(C#N)=C\Nc1cc(Br)ccn1. The van der Waals surface area contributed by atoms with Gasteiger partial charge in [-0.05, 0) is 36.8 Å². The maximum absolute atomic E-state index is 12.2. The van der Waals surface area contributed by atoms with Crippen LogP contribution < -0.4 is 10.6 Å². The number of carbonyl (C=O) groups excluding carboxylic acids is 1. The van der Waals surface area contributed by atoms with Crippen molar-refractivity contribution >= 4 is 44.9 Å². The number of nitrogens with zero attached hydrogens (tertiary/aromatic N) is 2. The molecule has 0 saturated heterocycles. The first-order valence-corrected chi connectivity index (χ1v) is 7.72. The number of halogens is 2. The van der Waals surface area contributed by atoms with E-state index in [9.17, 15) is 4.79 Å². The van der Waals surface area contributed by atoms with Crippen LogP contribution in [0.3, 0.4) is 0 Å². The molecule has 1 aromatic carbocycles. The first-order valence-electron chi connectivity index (χ1n) is 6.55. The van der Waals surface area contributed by atoms with Gasteiger partial charge in [-0.2, -0.15) is 5.26 Å². The summed E-state index contributed by atoms with van der Waals surface area (Å²) < 4.78 is 0.834. The minimum Gasteiger partial charge on any atom is -0.345 e. The van der Waals surface area contributed by atoms with E-state index < -0.39 is 5.91 Å². The van der Waals surface area contributed by atoms with Crippen molar-refractivity contribution in [2.75, 3.05) is 10.6 Å². The molecule has 0 aliphatic carbocycles. The zero-order valence-corrected chi connectivity index (χ0v) is 14.4. The van der Waals surface area contributed by atoms with E-state index in [4.69, 9.17) is 16.9 Å². The smallest absolute Gasteiger partial charge is 0.267 e. The highest BCUT2D eigenvalue weighted by atomic mass is 79.9. The molecular weight excluding hydrogens is 380 g/mol. The average molecular weight is 392 g/mol. The molecule has 116 valence electrons. The molecule has 0 unspecified atom stereocenters. The Bertz CT molecular complexity index is 814. The van der Waals surface area contributed by atoms with Crippen LogP contribution in [-0.4, -0.2) is 10.9 Å². The lowest BCUT2D eigenvalue weighted by molar-refractivity contribution is -0.112. The monoisotopic (exact) mass is 390 g/mol. The Morgan fingerprint density at radius 3 is 2.87 bits per heavy atom.